The molecule has 94 valence electrons. The molecule has 0 radical (unpaired) electrons. The van der Waals surface area contributed by atoms with Gasteiger partial charge in [0.15, 0.2) is 0 Å². The van der Waals surface area contributed by atoms with Gasteiger partial charge in [-0.3, -0.25) is 0 Å². The molecule has 2 aromatic rings. The first kappa shape index (κ1) is 12.7. The molecule has 0 spiro atoms. The number of benzene rings is 2. The van der Waals surface area contributed by atoms with Crippen molar-refractivity contribution in [1.29, 1.82) is 0 Å². The third-order valence-corrected chi connectivity index (χ3v) is 3.19. The summed E-state index contributed by atoms with van der Waals surface area (Å²) in [5, 5.41) is 0. The molecule has 0 fully saturated rings. The number of rotatable bonds is 3. The Kier molecular flexibility index (Phi) is 3.68. The summed E-state index contributed by atoms with van der Waals surface area (Å²) in [5.74, 6) is 0.853. The highest BCUT2D eigenvalue weighted by molar-refractivity contribution is 5.69. The summed E-state index contributed by atoms with van der Waals surface area (Å²) < 4.78 is 5.30. The number of aryl methyl sites for hydroxylation is 2. The second-order valence-corrected chi connectivity index (χ2v) is 4.55. The Morgan fingerprint density at radius 3 is 2.44 bits per heavy atom. The smallest absolute Gasteiger partial charge is 0.123 e. The Hall–Kier alpha value is -1.80. The lowest BCUT2D eigenvalue weighted by molar-refractivity contribution is 0.410. The molecule has 18 heavy (non-hydrogen) atoms. The van der Waals surface area contributed by atoms with Gasteiger partial charge in [-0.25, -0.2) is 0 Å². The molecule has 2 heteroatoms. The molecule has 2 nitrogen and oxygen atoms in total. The molecule has 0 heterocycles. The van der Waals surface area contributed by atoms with Crippen LogP contribution in [-0.4, -0.2) is 7.11 Å². The van der Waals surface area contributed by atoms with Gasteiger partial charge in [0.05, 0.1) is 7.11 Å². The minimum absolute atomic E-state index is 0.488. The van der Waals surface area contributed by atoms with Crippen LogP contribution in [0.4, 0.5) is 0 Å². The molecule has 0 amide bonds. The molecule has 0 atom stereocenters. The van der Waals surface area contributed by atoms with Gasteiger partial charge < -0.3 is 10.5 Å². The van der Waals surface area contributed by atoms with E-state index in [1.54, 1.807) is 7.11 Å². The van der Waals surface area contributed by atoms with E-state index in [0.717, 1.165) is 11.3 Å². The van der Waals surface area contributed by atoms with E-state index in [4.69, 9.17) is 10.5 Å². The minimum Gasteiger partial charge on any atom is -0.496 e. The first-order chi connectivity index (χ1) is 8.65. The van der Waals surface area contributed by atoms with E-state index in [-0.39, 0.29) is 0 Å². The first-order valence-corrected chi connectivity index (χ1v) is 6.10. The van der Waals surface area contributed by atoms with E-state index in [9.17, 15) is 0 Å². The third kappa shape index (κ3) is 2.39. The van der Waals surface area contributed by atoms with Crippen molar-refractivity contribution in [3.63, 3.8) is 0 Å². The van der Waals surface area contributed by atoms with Gasteiger partial charge in [-0.2, -0.15) is 0 Å². The van der Waals surface area contributed by atoms with Crippen LogP contribution in [0, 0.1) is 13.8 Å². The van der Waals surface area contributed by atoms with Crippen molar-refractivity contribution < 1.29 is 4.74 Å². The summed E-state index contributed by atoms with van der Waals surface area (Å²) in [6.45, 7) is 4.73. The summed E-state index contributed by atoms with van der Waals surface area (Å²) in [4.78, 5) is 0. The maximum atomic E-state index is 5.76. The van der Waals surface area contributed by atoms with Gasteiger partial charge in [-0.15, -0.1) is 0 Å². The van der Waals surface area contributed by atoms with Crippen LogP contribution in [0.2, 0.25) is 0 Å². The van der Waals surface area contributed by atoms with Gasteiger partial charge in [-0.05, 0) is 42.7 Å². The highest BCUT2D eigenvalue weighted by Gasteiger charge is 2.06. The van der Waals surface area contributed by atoms with Gasteiger partial charge in [0.2, 0.25) is 0 Å². The SMILES string of the molecule is COc1ccc(-c2ccc(C)cc2C)cc1CN. The molecular formula is C16H19NO. The fourth-order valence-corrected chi connectivity index (χ4v) is 2.24. The largest absolute Gasteiger partial charge is 0.496 e. The molecular weight excluding hydrogens is 222 g/mol. The van der Waals surface area contributed by atoms with E-state index in [1.165, 1.54) is 22.3 Å². The monoisotopic (exact) mass is 241 g/mol. The van der Waals surface area contributed by atoms with Gasteiger partial charge >= 0.3 is 0 Å². The second kappa shape index (κ2) is 5.23. The predicted octanol–water partition coefficient (Wildman–Crippen LogP) is 3.44. The van der Waals surface area contributed by atoms with Crippen LogP contribution in [0.5, 0.6) is 5.75 Å². The van der Waals surface area contributed by atoms with Crippen molar-refractivity contribution in [2.45, 2.75) is 20.4 Å². The lowest BCUT2D eigenvalue weighted by Gasteiger charge is -2.11. The second-order valence-electron chi connectivity index (χ2n) is 4.55. The number of hydrogen-bond acceptors (Lipinski definition) is 2. The van der Waals surface area contributed by atoms with E-state index in [0.29, 0.717) is 6.54 Å². The summed E-state index contributed by atoms with van der Waals surface area (Å²) >= 11 is 0. The standard InChI is InChI=1S/C16H19NO/c1-11-4-6-15(12(2)8-11)13-5-7-16(18-3)14(9-13)10-17/h4-9H,10,17H2,1-3H3. The van der Waals surface area contributed by atoms with Gasteiger partial charge in [0.25, 0.3) is 0 Å². The zero-order chi connectivity index (χ0) is 13.1. The number of methoxy groups -OCH3 is 1. The van der Waals surface area contributed by atoms with E-state index in [2.05, 4.69) is 44.2 Å². The Labute approximate surface area is 108 Å². The predicted molar refractivity (Wildman–Crippen MR) is 75.8 cm³/mol. The Morgan fingerprint density at radius 2 is 1.83 bits per heavy atom. The number of nitrogens with two attached hydrogens (primary N) is 1. The summed E-state index contributed by atoms with van der Waals surface area (Å²) in [5.41, 5.74) is 11.8. The molecule has 0 saturated carbocycles. The Bertz CT molecular complexity index is 561. The third-order valence-electron chi connectivity index (χ3n) is 3.19. The molecule has 0 saturated heterocycles. The molecule has 0 bridgehead atoms. The average Bonchev–Trinajstić information content (AvgIpc) is 2.38. The first-order valence-electron chi connectivity index (χ1n) is 6.10. The molecule has 0 aliphatic rings. The zero-order valence-electron chi connectivity index (χ0n) is 11.2. The van der Waals surface area contributed by atoms with Gasteiger partial charge in [-0.1, -0.05) is 29.8 Å². The topological polar surface area (TPSA) is 35.2 Å². The fraction of sp³-hybridized carbons (Fsp3) is 0.250. The molecule has 0 aromatic heterocycles. The van der Waals surface area contributed by atoms with E-state index < -0.39 is 0 Å². The van der Waals surface area contributed by atoms with Crippen LogP contribution < -0.4 is 10.5 Å². The quantitative estimate of drug-likeness (QED) is 0.893. The van der Waals surface area contributed by atoms with Crippen molar-refractivity contribution in [2.75, 3.05) is 7.11 Å². The maximum absolute atomic E-state index is 5.76. The minimum atomic E-state index is 0.488. The van der Waals surface area contributed by atoms with Crippen LogP contribution in [0.1, 0.15) is 16.7 Å². The van der Waals surface area contributed by atoms with Gasteiger partial charge in [0.1, 0.15) is 5.75 Å². The highest BCUT2D eigenvalue weighted by Crippen LogP contribution is 2.28. The maximum Gasteiger partial charge on any atom is 0.123 e. The average molecular weight is 241 g/mol. The molecule has 2 N–H and O–H groups in total. The Morgan fingerprint density at radius 1 is 1.06 bits per heavy atom. The van der Waals surface area contributed by atoms with Gasteiger partial charge in [0, 0.05) is 12.1 Å². The van der Waals surface area contributed by atoms with Crippen LogP contribution in [0.25, 0.3) is 11.1 Å². The molecule has 2 aromatic carbocycles. The molecule has 2 rings (SSSR count). The van der Waals surface area contributed by atoms with Crippen LogP contribution in [0.15, 0.2) is 36.4 Å². The van der Waals surface area contributed by atoms with Crippen LogP contribution in [-0.2, 0) is 6.54 Å². The molecule has 0 aliphatic carbocycles. The van der Waals surface area contributed by atoms with E-state index in [1.807, 2.05) is 6.07 Å². The zero-order valence-corrected chi connectivity index (χ0v) is 11.2. The number of ether oxygens (including phenoxy) is 1. The van der Waals surface area contributed by atoms with Crippen molar-refractivity contribution in [3.8, 4) is 16.9 Å². The molecule has 0 aliphatic heterocycles. The summed E-state index contributed by atoms with van der Waals surface area (Å²) in [6.07, 6.45) is 0. The number of hydrogen-bond donors (Lipinski definition) is 1. The van der Waals surface area contributed by atoms with Crippen molar-refractivity contribution in [3.05, 3.63) is 53.1 Å². The van der Waals surface area contributed by atoms with Crippen molar-refractivity contribution in [1.82, 2.24) is 0 Å². The highest BCUT2D eigenvalue weighted by atomic mass is 16.5. The molecule has 0 unspecified atom stereocenters. The summed E-state index contributed by atoms with van der Waals surface area (Å²) in [6, 6.07) is 12.7. The Balaban J connectivity index is 2.51. The van der Waals surface area contributed by atoms with Crippen LogP contribution >= 0.6 is 0 Å². The lowest BCUT2D eigenvalue weighted by Crippen LogP contribution is -2.00. The van der Waals surface area contributed by atoms with E-state index >= 15 is 0 Å². The van der Waals surface area contributed by atoms with Crippen LogP contribution in [0.3, 0.4) is 0 Å². The van der Waals surface area contributed by atoms with Crippen molar-refractivity contribution >= 4 is 0 Å². The summed E-state index contributed by atoms with van der Waals surface area (Å²) in [7, 11) is 1.67. The fourth-order valence-electron chi connectivity index (χ4n) is 2.24. The van der Waals surface area contributed by atoms with Crippen molar-refractivity contribution in [2.24, 2.45) is 5.73 Å². The lowest BCUT2D eigenvalue weighted by atomic mass is 9.97. The normalized spacial score (nSPS) is 10.4.